The van der Waals surface area contributed by atoms with Crippen LogP contribution in [0.3, 0.4) is 0 Å². The molecule has 4 nitrogen and oxygen atoms in total. The summed E-state index contributed by atoms with van der Waals surface area (Å²) in [6, 6.07) is 36.3. The molecule has 4 heteroatoms. The molecule has 0 spiro atoms. The molecule has 190 valence electrons. The summed E-state index contributed by atoms with van der Waals surface area (Å²) in [5.74, 6) is 0. The van der Waals surface area contributed by atoms with E-state index in [1.807, 2.05) is 6.20 Å². The third-order valence-electron chi connectivity index (χ3n) is 7.87. The fraction of sp³-hybridized carbons (Fsp3) is 0.143. The van der Waals surface area contributed by atoms with Crippen molar-refractivity contribution in [3.05, 3.63) is 155 Å². The van der Waals surface area contributed by atoms with Crippen molar-refractivity contribution in [3.63, 3.8) is 0 Å². The minimum atomic E-state index is -0.701. The Morgan fingerprint density at radius 1 is 0.821 bits per heavy atom. The number of fused-ring (bicyclic) bond motifs is 1. The summed E-state index contributed by atoms with van der Waals surface area (Å²) in [7, 11) is 0. The van der Waals surface area contributed by atoms with E-state index in [1.54, 1.807) is 0 Å². The second kappa shape index (κ2) is 9.04. The van der Waals surface area contributed by atoms with Gasteiger partial charge in [-0.3, -0.25) is 4.98 Å². The molecule has 0 amide bonds. The molecule has 0 radical (unpaired) electrons. The molecule has 39 heavy (non-hydrogen) atoms. The van der Waals surface area contributed by atoms with Gasteiger partial charge in [0.2, 0.25) is 0 Å². The van der Waals surface area contributed by atoms with Crippen molar-refractivity contribution in [2.24, 2.45) is 5.73 Å². The minimum Gasteiger partial charge on any atom is -0.322 e. The van der Waals surface area contributed by atoms with Crippen LogP contribution in [0.1, 0.15) is 47.0 Å². The normalized spacial score (nSPS) is 17.9. The first-order valence-electron chi connectivity index (χ1n) is 13.5. The van der Waals surface area contributed by atoms with Crippen LogP contribution >= 0.6 is 0 Å². The Balaban J connectivity index is 1.59. The Labute approximate surface area is 229 Å². The molecule has 2 aromatic heterocycles. The number of rotatable bonds is 6. The van der Waals surface area contributed by atoms with E-state index in [0.29, 0.717) is 6.42 Å². The van der Waals surface area contributed by atoms with Crippen LogP contribution in [0.4, 0.5) is 0 Å². The van der Waals surface area contributed by atoms with Crippen LogP contribution in [-0.2, 0) is 12.0 Å². The highest BCUT2D eigenvalue weighted by atomic mass is 15.3. The minimum absolute atomic E-state index is 0.459. The summed E-state index contributed by atoms with van der Waals surface area (Å²) >= 11 is 0. The highest BCUT2D eigenvalue weighted by molar-refractivity contribution is 5.79. The van der Waals surface area contributed by atoms with Gasteiger partial charge in [0.05, 0.1) is 17.1 Å². The van der Waals surface area contributed by atoms with Crippen LogP contribution in [0.5, 0.6) is 0 Å². The highest BCUT2D eigenvalue weighted by Gasteiger charge is 2.43. The maximum Gasteiger partial charge on any atom is 0.138 e. The van der Waals surface area contributed by atoms with Gasteiger partial charge >= 0.3 is 0 Å². The molecule has 0 saturated heterocycles. The average Bonchev–Trinajstić information content (AvgIpc) is 3.77. The zero-order chi connectivity index (χ0) is 26.5. The monoisotopic (exact) mass is 506 g/mol. The lowest BCUT2D eigenvalue weighted by Gasteiger charge is -2.38. The quantitative estimate of drug-likeness (QED) is 0.256. The number of hydrogen-bond acceptors (Lipinski definition) is 3. The topological polar surface area (TPSA) is 56.7 Å². The fourth-order valence-corrected chi connectivity index (χ4v) is 5.92. The van der Waals surface area contributed by atoms with Gasteiger partial charge in [-0.1, -0.05) is 103 Å². The van der Waals surface area contributed by atoms with Crippen LogP contribution in [-0.4, -0.2) is 20.3 Å². The molecule has 2 aliphatic rings. The van der Waals surface area contributed by atoms with Gasteiger partial charge in [-0.25, -0.2) is 4.68 Å². The van der Waals surface area contributed by atoms with Gasteiger partial charge in [0.1, 0.15) is 5.54 Å². The van der Waals surface area contributed by atoms with Gasteiger partial charge in [0.25, 0.3) is 0 Å². The summed E-state index contributed by atoms with van der Waals surface area (Å²) in [5, 5.41) is 5.51. The predicted octanol–water partition coefficient (Wildman–Crippen LogP) is 6.86. The first-order chi connectivity index (χ1) is 19.1. The molecule has 0 saturated carbocycles. The van der Waals surface area contributed by atoms with Crippen LogP contribution in [0.15, 0.2) is 121 Å². The second-order valence-electron chi connectivity index (χ2n) is 10.8. The summed E-state index contributed by atoms with van der Waals surface area (Å²) in [6.07, 6.45) is 10.1. The molecule has 7 rings (SSSR count). The Morgan fingerprint density at radius 2 is 1.38 bits per heavy atom. The number of hydrogen-bond donors (Lipinski definition) is 1. The molecule has 5 aromatic rings. The number of aromatic nitrogens is 3. The Hall–Kier alpha value is -4.54. The van der Waals surface area contributed by atoms with Crippen molar-refractivity contribution in [2.75, 3.05) is 0 Å². The van der Waals surface area contributed by atoms with Crippen molar-refractivity contribution in [2.45, 2.75) is 30.8 Å². The van der Waals surface area contributed by atoms with Gasteiger partial charge in [-0.05, 0) is 60.2 Å². The maximum absolute atomic E-state index is 6.73. The van der Waals surface area contributed by atoms with Crippen molar-refractivity contribution < 1.29 is 0 Å². The second-order valence-corrected chi connectivity index (χ2v) is 10.8. The highest BCUT2D eigenvalue weighted by Crippen LogP contribution is 2.45. The van der Waals surface area contributed by atoms with Crippen LogP contribution in [0.2, 0.25) is 0 Å². The van der Waals surface area contributed by atoms with Crippen molar-refractivity contribution in [3.8, 4) is 11.3 Å². The Morgan fingerprint density at radius 3 is 1.92 bits per heavy atom. The number of benzene rings is 3. The van der Waals surface area contributed by atoms with Crippen molar-refractivity contribution in [1.29, 1.82) is 0 Å². The van der Waals surface area contributed by atoms with Gasteiger partial charge in [-0.15, -0.1) is 0 Å². The Bertz CT molecular complexity index is 1610. The fourth-order valence-electron chi connectivity index (χ4n) is 5.92. The van der Waals surface area contributed by atoms with E-state index < -0.39 is 11.1 Å². The number of nitrogens with zero attached hydrogens (tertiary/aromatic N) is 3. The first-order valence-corrected chi connectivity index (χ1v) is 13.5. The molecule has 0 fully saturated rings. The molecule has 1 atom stereocenters. The number of nitrogens with two attached hydrogens (primary N) is 1. The maximum atomic E-state index is 6.73. The summed E-state index contributed by atoms with van der Waals surface area (Å²) in [4.78, 5) is 4.62. The zero-order valence-electron chi connectivity index (χ0n) is 22.0. The van der Waals surface area contributed by atoms with Gasteiger partial charge in [0, 0.05) is 22.9 Å². The van der Waals surface area contributed by atoms with E-state index in [9.17, 15) is 0 Å². The van der Waals surface area contributed by atoms with Gasteiger partial charge in [-0.2, -0.15) is 5.10 Å². The van der Waals surface area contributed by atoms with Crippen molar-refractivity contribution in [1.82, 2.24) is 14.8 Å². The molecule has 0 bridgehead atoms. The van der Waals surface area contributed by atoms with E-state index in [1.165, 1.54) is 5.57 Å². The van der Waals surface area contributed by atoms with E-state index in [4.69, 9.17) is 10.8 Å². The molecular weight excluding hydrogens is 476 g/mol. The van der Waals surface area contributed by atoms with Gasteiger partial charge < -0.3 is 5.73 Å². The molecule has 2 N–H and O–H groups in total. The van der Waals surface area contributed by atoms with Crippen LogP contribution in [0.25, 0.3) is 22.9 Å². The standard InChI is InChI=1S/C35H30N4/c1-34(36)21-19-32-30(24-34)33(26-20-22-37-31(23-26)25-17-18-25)38-39(32)35(27-11-5-2-6-12-27,28-13-7-3-8-14-28)29-15-9-4-10-16-29/h2-17,19-23H,18,24,36H2,1H3. The predicted molar refractivity (Wildman–Crippen MR) is 158 cm³/mol. The number of allylic oxidation sites excluding steroid dienone is 2. The van der Waals surface area contributed by atoms with E-state index in [2.05, 4.69) is 138 Å². The molecule has 2 aliphatic carbocycles. The van der Waals surface area contributed by atoms with E-state index >= 15 is 0 Å². The summed E-state index contributed by atoms with van der Waals surface area (Å²) in [6.45, 7) is 2.08. The molecule has 1 unspecified atom stereocenters. The number of pyridine rings is 1. The summed E-state index contributed by atoms with van der Waals surface area (Å²) < 4.78 is 2.24. The lowest BCUT2D eigenvalue weighted by Crippen LogP contribution is -2.41. The first kappa shape index (κ1) is 23.6. The zero-order valence-corrected chi connectivity index (χ0v) is 22.0. The van der Waals surface area contributed by atoms with E-state index in [-0.39, 0.29) is 0 Å². The molecular formula is C35H30N4. The third kappa shape index (κ3) is 3.96. The van der Waals surface area contributed by atoms with Crippen molar-refractivity contribution >= 4 is 11.6 Å². The molecule has 0 aliphatic heterocycles. The van der Waals surface area contributed by atoms with Crippen LogP contribution < -0.4 is 5.73 Å². The lowest BCUT2D eigenvalue weighted by atomic mass is 9.76. The lowest BCUT2D eigenvalue weighted by molar-refractivity contribution is 0.455. The average molecular weight is 507 g/mol. The van der Waals surface area contributed by atoms with Gasteiger partial charge in [0.15, 0.2) is 0 Å². The smallest absolute Gasteiger partial charge is 0.138 e. The van der Waals surface area contributed by atoms with Crippen LogP contribution in [0, 0.1) is 0 Å². The molecule has 2 heterocycles. The van der Waals surface area contributed by atoms with E-state index in [0.717, 1.165) is 51.3 Å². The Kier molecular flexibility index (Phi) is 5.46. The SMILES string of the molecule is CC1(N)C=Cc2c(c(-c3ccnc(C4=CC4)c3)nn2C(c2ccccc2)(c2ccccc2)c2ccccc2)C1. The third-order valence-corrected chi connectivity index (χ3v) is 7.87. The largest absolute Gasteiger partial charge is 0.322 e. The molecule has 3 aromatic carbocycles. The summed E-state index contributed by atoms with van der Waals surface area (Å²) in [5.41, 5.74) is 15.6.